The summed E-state index contributed by atoms with van der Waals surface area (Å²) < 4.78 is 6.65. The summed E-state index contributed by atoms with van der Waals surface area (Å²) in [5.41, 5.74) is 6.35. The van der Waals surface area contributed by atoms with E-state index in [0.29, 0.717) is 23.8 Å². The molecule has 0 aliphatic carbocycles. The first kappa shape index (κ1) is 10.8. The lowest BCUT2D eigenvalue weighted by molar-refractivity contribution is 0.259. The quantitative estimate of drug-likeness (QED) is 0.747. The van der Waals surface area contributed by atoms with Gasteiger partial charge in [0.2, 0.25) is 11.7 Å². The van der Waals surface area contributed by atoms with Gasteiger partial charge in [0, 0.05) is 19.9 Å². The predicted molar refractivity (Wildman–Crippen MR) is 55.1 cm³/mol. The van der Waals surface area contributed by atoms with E-state index in [9.17, 15) is 0 Å². The molecule has 7 heteroatoms. The van der Waals surface area contributed by atoms with Gasteiger partial charge in [0.1, 0.15) is 5.69 Å². The van der Waals surface area contributed by atoms with Gasteiger partial charge < -0.3 is 15.4 Å². The molecule has 1 atom stereocenters. The average Bonchev–Trinajstić information content (AvgIpc) is 2.85. The summed E-state index contributed by atoms with van der Waals surface area (Å²) in [4.78, 5) is 4.12. The number of aliphatic hydroxyl groups is 1. The van der Waals surface area contributed by atoms with E-state index in [-0.39, 0.29) is 6.61 Å². The molecular weight excluding hydrogens is 210 g/mol. The summed E-state index contributed by atoms with van der Waals surface area (Å²) in [7, 11) is 1.81. The second-order valence-electron chi connectivity index (χ2n) is 3.45. The Morgan fingerprint density at radius 2 is 2.44 bits per heavy atom. The first-order valence-electron chi connectivity index (χ1n) is 4.91. The lowest BCUT2D eigenvalue weighted by Gasteiger charge is -2.01. The Balaban J connectivity index is 2.19. The van der Waals surface area contributed by atoms with Crippen molar-refractivity contribution in [3.8, 4) is 11.5 Å². The van der Waals surface area contributed by atoms with E-state index in [0.717, 1.165) is 0 Å². The maximum Gasteiger partial charge on any atom is 0.244 e. The van der Waals surface area contributed by atoms with Crippen molar-refractivity contribution in [2.45, 2.75) is 12.5 Å². The molecule has 0 radical (unpaired) electrons. The van der Waals surface area contributed by atoms with E-state index in [2.05, 4.69) is 15.2 Å². The van der Waals surface area contributed by atoms with Crippen LogP contribution in [0.4, 0.5) is 0 Å². The Kier molecular flexibility index (Phi) is 2.97. The summed E-state index contributed by atoms with van der Waals surface area (Å²) in [6.07, 6.45) is 2.18. The van der Waals surface area contributed by atoms with Crippen LogP contribution in [0.3, 0.4) is 0 Å². The second-order valence-corrected chi connectivity index (χ2v) is 3.45. The molecule has 7 nitrogen and oxygen atoms in total. The maximum absolute atomic E-state index is 8.74. The number of nitrogens with two attached hydrogens (primary N) is 1. The Hall–Kier alpha value is -1.73. The molecule has 86 valence electrons. The second kappa shape index (κ2) is 4.42. The van der Waals surface area contributed by atoms with Crippen LogP contribution in [0, 0.1) is 0 Å². The molecule has 2 heterocycles. The van der Waals surface area contributed by atoms with Gasteiger partial charge in [-0.1, -0.05) is 5.16 Å². The molecule has 0 aliphatic rings. The molecule has 2 aromatic rings. The van der Waals surface area contributed by atoms with Crippen molar-refractivity contribution in [1.29, 1.82) is 0 Å². The maximum atomic E-state index is 8.74. The Morgan fingerprint density at radius 1 is 1.62 bits per heavy atom. The number of hydrogen-bond acceptors (Lipinski definition) is 6. The Labute approximate surface area is 91.9 Å². The number of aryl methyl sites for hydroxylation is 1. The molecule has 0 saturated heterocycles. The fourth-order valence-corrected chi connectivity index (χ4v) is 1.29. The van der Waals surface area contributed by atoms with Crippen LogP contribution in [0.2, 0.25) is 0 Å². The lowest BCUT2D eigenvalue weighted by atomic mass is 10.2. The van der Waals surface area contributed by atoms with E-state index >= 15 is 0 Å². The number of nitrogens with zero attached hydrogens (tertiary/aromatic N) is 4. The molecular formula is C9H13N5O2. The van der Waals surface area contributed by atoms with Crippen LogP contribution in [0.1, 0.15) is 18.4 Å². The largest absolute Gasteiger partial charge is 0.396 e. The molecule has 0 saturated carbocycles. The highest BCUT2D eigenvalue weighted by Gasteiger charge is 2.16. The van der Waals surface area contributed by atoms with E-state index in [1.165, 1.54) is 0 Å². The molecule has 0 fully saturated rings. The third kappa shape index (κ3) is 2.10. The fraction of sp³-hybridized carbons (Fsp3) is 0.444. The van der Waals surface area contributed by atoms with Crippen LogP contribution < -0.4 is 5.73 Å². The number of rotatable bonds is 4. The zero-order valence-electron chi connectivity index (χ0n) is 8.87. The van der Waals surface area contributed by atoms with Crippen molar-refractivity contribution in [2.75, 3.05) is 6.61 Å². The standard InChI is InChI=1S/C9H13N5O2/c1-14-4-2-7(12-14)8-11-9(16-13-8)6(10)3-5-15/h2,4,6,15H,3,5,10H2,1H3. The molecule has 0 aromatic carbocycles. The smallest absolute Gasteiger partial charge is 0.244 e. The minimum atomic E-state index is -0.435. The molecule has 3 N–H and O–H groups in total. The van der Waals surface area contributed by atoms with Crippen molar-refractivity contribution in [1.82, 2.24) is 19.9 Å². The molecule has 16 heavy (non-hydrogen) atoms. The summed E-state index contributed by atoms with van der Waals surface area (Å²) in [5, 5.41) is 16.7. The highest BCUT2D eigenvalue weighted by atomic mass is 16.5. The van der Waals surface area contributed by atoms with Crippen molar-refractivity contribution in [3.63, 3.8) is 0 Å². The van der Waals surface area contributed by atoms with Crippen LogP contribution in [-0.4, -0.2) is 31.6 Å². The third-order valence-electron chi connectivity index (χ3n) is 2.14. The summed E-state index contributed by atoms with van der Waals surface area (Å²) in [5.74, 6) is 0.721. The molecule has 0 amide bonds. The van der Waals surface area contributed by atoms with E-state index in [4.69, 9.17) is 15.4 Å². The molecule has 0 aliphatic heterocycles. The van der Waals surface area contributed by atoms with E-state index in [1.807, 2.05) is 7.05 Å². The van der Waals surface area contributed by atoms with Crippen molar-refractivity contribution >= 4 is 0 Å². The Morgan fingerprint density at radius 3 is 3.06 bits per heavy atom. The van der Waals surface area contributed by atoms with E-state index in [1.54, 1.807) is 16.9 Å². The first-order valence-corrected chi connectivity index (χ1v) is 4.91. The zero-order valence-corrected chi connectivity index (χ0v) is 8.87. The van der Waals surface area contributed by atoms with Gasteiger partial charge in [0.05, 0.1) is 6.04 Å². The number of aliphatic hydroxyl groups excluding tert-OH is 1. The van der Waals surface area contributed by atoms with Crippen LogP contribution >= 0.6 is 0 Å². The summed E-state index contributed by atoms with van der Waals surface area (Å²) in [6.45, 7) is -0.0114. The minimum absolute atomic E-state index is 0.0114. The van der Waals surface area contributed by atoms with Crippen LogP contribution in [0.15, 0.2) is 16.8 Å². The summed E-state index contributed by atoms with van der Waals surface area (Å²) >= 11 is 0. The van der Waals surface area contributed by atoms with Crippen LogP contribution in [0.5, 0.6) is 0 Å². The van der Waals surface area contributed by atoms with Crippen LogP contribution in [0.25, 0.3) is 11.5 Å². The highest BCUT2D eigenvalue weighted by Crippen LogP contribution is 2.16. The van der Waals surface area contributed by atoms with Gasteiger partial charge in [-0.05, 0) is 12.5 Å². The lowest BCUT2D eigenvalue weighted by Crippen LogP contribution is -2.12. The van der Waals surface area contributed by atoms with Gasteiger partial charge in [-0.15, -0.1) is 0 Å². The summed E-state index contributed by atoms with van der Waals surface area (Å²) in [6, 6.07) is 1.35. The molecule has 0 spiro atoms. The molecule has 2 rings (SSSR count). The van der Waals surface area contributed by atoms with Gasteiger partial charge in [-0.3, -0.25) is 4.68 Å². The highest BCUT2D eigenvalue weighted by molar-refractivity contribution is 5.46. The molecule has 0 bridgehead atoms. The fourth-order valence-electron chi connectivity index (χ4n) is 1.29. The molecule has 2 aromatic heterocycles. The topological polar surface area (TPSA) is 103 Å². The number of hydrogen-bond donors (Lipinski definition) is 2. The minimum Gasteiger partial charge on any atom is -0.396 e. The van der Waals surface area contributed by atoms with Gasteiger partial charge >= 0.3 is 0 Å². The first-order chi connectivity index (χ1) is 7.70. The van der Waals surface area contributed by atoms with Gasteiger partial charge in [0.15, 0.2) is 0 Å². The molecule has 1 unspecified atom stereocenters. The van der Waals surface area contributed by atoms with Crippen molar-refractivity contribution < 1.29 is 9.63 Å². The van der Waals surface area contributed by atoms with Crippen molar-refractivity contribution in [3.05, 3.63) is 18.2 Å². The SMILES string of the molecule is Cn1ccc(-c2noc(C(N)CCO)n2)n1. The third-order valence-corrected chi connectivity index (χ3v) is 2.14. The monoisotopic (exact) mass is 223 g/mol. The normalized spacial score (nSPS) is 12.9. The number of aromatic nitrogens is 4. The van der Waals surface area contributed by atoms with Gasteiger partial charge in [0.25, 0.3) is 0 Å². The van der Waals surface area contributed by atoms with E-state index < -0.39 is 6.04 Å². The Bertz CT molecular complexity index is 464. The zero-order chi connectivity index (χ0) is 11.5. The van der Waals surface area contributed by atoms with Crippen LogP contribution in [-0.2, 0) is 7.05 Å². The average molecular weight is 223 g/mol. The van der Waals surface area contributed by atoms with Gasteiger partial charge in [-0.25, -0.2) is 0 Å². The van der Waals surface area contributed by atoms with Crippen molar-refractivity contribution in [2.24, 2.45) is 12.8 Å². The predicted octanol–water partition coefficient (Wildman–Crippen LogP) is -0.148. The van der Waals surface area contributed by atoms with Gasteiger partial charge in [-0.2, -0.15) is 10.1 Å².